The van der Waals surface area contributed by atoms with Gasteiger partial charge in [0.05, 0.1) is 11.1 Å². The number of furan rings is 1. The fourth-order valence-corrected chi connectivity index (χ4v) is 2.03. The molecule has 0 aliphatic rings. The third-order valence-electron chi connectivity index (χ3n) is 2.69. The van der Waals surface area contributed by atoms with Crippen LogP contribution in [0.3, 0.4) is 0 Å². The molecule has 0 bridgehead atoms. The maximum atomic E-state index is 5.96. The van der Waals surface area contributed by atoms with Crippen molar-refractivity contribution in [1.82, 2.24) is 5.32 Å². The highest BCUT2D eigenvalue weighted by Crippen LogP contribution is 2.30. The third kappa shape index (κ3) is 2.73. The maximum absolute atomic E-state index is 5.96. The molecule has 2 aromatic rings. The van der Waals surface area contributed by atoms with Crippen molar-refractivity contribution in [2.45, 2.75) is 13.0 Å². The number of rotatable bonds is 3. The van der Waals surface area contributed by atoms with Gasteiger partial charge >= 0.3 is 0 Å². The summed E-state index contributed by atoms with van der Waals surface area (Å²) >= 11 is 9.37. The van der Waals surface area contributed by atoms with Crippen LogP contribution in [0.25, 0.3) is 11.3 Å². The summed E-state index contributed by atoms with van der Waals surface area (Å²) in [4.78, 5) is 0. The summed E-state index contributed by atoms with van der Waals surface area (Å²) in [6.45, 7) is 2.06. The quantitative estimate of drug-likeness (QED) is 0.892. The Hall–Kier alpha value is -0.770. The van der Waals surface area contributed by atoms with Gasteiger partial charge in [-0.05, 0) is 60.2 Å². The van der Waals surface area contributed by atoms with Crippen LogP contribution in [-0.2, 0) is 0 Å². The van der Waals surface area contributed by atoms with Crippen molar-refractivity contribution in [2.75, 3.05) is 7.05 Å². The lowest BCUT2D eigenvalue weighted by Crippen LogP contribution is -2.10. The molecule has 1 unspecified atom stereocenters. The SMILES string of the molecule is CNC(C)c1ccc(-c2ccc(Cl)c(Br)c2)o1. The number of hydrogen-bond donors (Lipinski definition) is 1. The smallest absolute Gasteiger partial charge is 0.134 e. The van der Waals surface area contributed by atoms with E-state index in [1.54, 1.807) is 0 Å². The lowest BCUT2D eigenvalue weighted by molar-refractivity contribution is 0.458. The lowest BCUT2D eigenvalue weighted by Gasteiger charge is -2.05. The first-order chi connectivity index (χ1) is 8.11. The summed E-state index contributed by atoms with van der Waals surface area (Å²) in [5.74, 6) is 1.77. The van der Waals surface area contributed by atoms with Gasteiger partial charge in [0.25, 0.3) is 0 Å². The van der Waals surface area contributed by atoms with E-state index in [2.05, 4.69) is 28.2 Å². The molecule has 2 rings (SSSR count). The van der Waals surface area contributed by atoms with E-state index in [0.29, 0.717) is 5.02 Å². The van der Waals surface area contributed by atoms with Crippen molar-refractivity contribution in [1.29, 1.82) is 0 Å². The van der Waals surface area contributed by atoms with Crippen LogP contribution in [0.2, 0.25) is 5.02 Å². The molecule has 1 heterocycles. The first-order valence-corrected chi connectivity index (χ1v) is 6.51. The van der Waals surface area contributed by atoms with Crippen LogP contribution < -0.4 is 5.32 Å². The molecule has 1 aromatic carbocycles. The van der Waals surface area contributed by atoms with E-state index < -0.39 is 0 Å². The number of hydrogen-bond acceptors (Lipinski definition) is 2. The van der Waals surface area contributed by atoms with Crippen molar-refractivity contribution in [3.05, 3.63) is 45.6 Å². The first kappa shape index (κ1) is 12.7. The van der Waals surface area contributed by atoms with Crippen LogP contribution >= 0.6 is 27.5 Å². The minimum atomic E-state index is 0.208. The minimum absolute atomic E-state index is 0.208. The maximum Gasteiger partial charge on any atom is 0.134 e. The number of benzene rings is 1. The van der Waals surface area contributed by atoms with Crippen molar-refractivity contribution < 1.29 is 4.42 Å². The predicted molar refractivity (Wildman–Crippen MR) is 74.3 cm³/mol. The molecule has 17 heavy (non-hydrogen) atoms. The molecule has 90 valence electrons. The molecule has 0 fully saturated rings. The zero-order valence-electron chi connectivity index (χ0n) is 9.63. The summed E-state index contributed by atoms with van der Waals surface area (Å²) < 4.78 is 6.66. The van der Waals surface area contributed by atoms with E-state index in [4.69, 9.17) is 16.0 Å². The zero-order chi connectivity index (χ0) is 12.4. The fraction of sp³-hybridized carbons (Fsp3) is 0.231. The second-order valence-electron chi connectivity index (χ2n) is 3.84. The zero-order valence-corrected chi connectivity index (χ0v) is 12.0. The molecular formula is C13H13BrClNO. The second-order valence-corrected chi connectivity index (χ2v) is 5.10. The van der Waals surface area contributed by atoms with Crippen LogP contribution in [0.1, 0.15) is 18.7 Å². The Kier molecular flexibility index (Phi) is 3.92. The molecule has 0 saturated carbocycles. The highest BCUT2D eigenvalue weighted by molar-refractivity contribution is 9.10. The lowest BCUT2D eigenvalue weighted by atomic mass is 10.2. The fourth-order valence-electron chi connectivity index (χ4n) is 1.53. The van der Waals surface area contributed by atoms with E-state index in [-0.39, 0.29) is 6.04 Å². The Morgan fingerprint density at radius 3 is 2.71 bits per heavy atom. The Morgan fingerprint density at radius 2 is 2.06 bits per heavy atom. The molecule has 0 amide bonds. The van der Waals surface area contributed by atoms with Gasteiger partial charge in [0.2, 0.25) is 0 Å². The summed E-state index contributed by atoms with van der Waals surface area (Å²) in [5, 5.41) is 3.84. The largest absolute Gasteiger partial charge is 0.459 e. The molecular weight excluding hydrogens is 302 g/mol. The van der Waals surface area contributed by atoms with Gasteiger partial charge < -0.3 is 9.73 Å². The van der Waals surface area contributed by atoms with Gasteiger partial charge in [-0.15, -0.1) is 0 Å². The van der Waals surface area contributed by atoms with Crippen LogP contribution in [0.5, 0.6) is 0 Å². The van der Waals surface area contributed by atoms with E-state index in [1.165, 1.54) is 0 Å². The van der Waals surface area contributed by atoms with E-state index in [9.17, 15) is 0 Å². The molecule has 2 nitrogen and oxygen atoms in total. The van der Waals surface area contributed by atoms with Crippen molar-refractivity contribution in [3.63, 3.8) is 0 Å². The number of nitrogens with one attached hydrogen (secondary N) is 1. The van der Waals surface area contributed by atoms with Gasteiger partial charge in [-0.25, -0.2) is 0 Å². The topological polar surface area (TPSA) is 25.2 Å². The molecule has 0 radical (unpaired) electrons. The van der Waals surface area contributed by atoms with Gasteiger partial charge in [0.15, 0.2) is 0 Å². The van der Waals surface area contributed by atoms with Crippen molar-refractivity contribution in [3.8, 4) is 11.3 Å². The summed E-state index contributed by atoms with van der Waals surface area (Å²) in [7, 11) is 1.91. The van der Waals surface area contributed by atoms with Crippen LogP contribution in [0.15, 0.2) is 39.2 Å². The van der Waals surface area contributed by atoms with Gasteiger partial charge in [-0.3, -0.25) is 0 Å². The average Bonchev–Trinajstić information content (AvgIpc) is 2.81. The Bertz CT molecular complexity index is 524. The molecule has 4 heteroatoms. The summed E-state index contributed by atoms with van der Waals surface area (Å²) in [6.07, 6.45) is 0. The molecule has 0 aliphatic carbocycles. The van der Waals surface area contributed by atoms with Gasteiger partial charge in [0, 0.05) is 10.0 Å². The summed E-state index contributed by atoms with van der Waals surface area (Å²) in [5.41, 5.74) is 1.01. The molecule has 0 saturated heterocycles. The van der Waals surface area contributed by atoms with Crippen LogP contribution in [0, 0.1) is 0 Å². The average molecular weight is 315 g/mol. The van der Waals surface area contributed by atoms with Gasteiger partial charge in [-0.1, -0.05) is 11.6 Å². The van der Waals surface area contributed by atoms with Gasteiger partial charge in [-0.2, -0.15) is 0 Å². The standard InChI is InChI=1S/C13H13BrClNO/c1-8(16-2)12-5-6-13(17-12)9-3-4-11(15)10(14)7-9/h3-8,16H,1-2H3. The van der Waals surface area contributed by atoms with Crippen LogP contribution in [0.4, 0.5) is 0 Å². The normalized spacial score (nSPS) is 12.7. The summed E-state index contributed by atoms with van der Waals surface area (Å²) in [6, 6.07) is 9.91. The number of halogens is 2. The van der Waals surface area contributed by atoms with E-state index in [0.717, 1.165) is 21.6 Å². The molecule has 1 N–H and O–H groups in total. The van der Waals surface area contributed by atoms with Crippen molar-refractivity contribution in [2.24, 2.45) is 0 Å². The molecule has 1 aromatic heterocycles. The van der Waals surface area contributed by atoms with E-state index in [1.807, 2.05) is 37.4 Å². The Balaban J connectivity index is 2.33. The highest BCUT2D eigenvalue weighted by Gasteiger charge is 2.10. The second kappa shape index (κ2) is 5.25. The van der Waals surface area contributed by atoms with Gasteiger partial charge in [0.1, 0.15) is 11.5 Å². The minimum Gasteiger partial charge on any atom is -0.459 e. The molecule has 0 spiro atoms. The van der Waals surface area contributed by atoms with Crippen molar-refractivity contribution >= 4 is 27.5 Å². The highest BCUT2D eigenvalue weighted by atomic mass is 79.9. The third-order valence-corrected chi connectivity index (χ3v) is 3.90. The Morgan fingerprint density at radius 1 is 1.29 bits per heavy atom. The predicted octanol–water partition coefficient (Wildman–Crippen LogP) is 4.64. The first-order valence-electron chi connectivity index (χ1n) is 5.34. The van der Waals surface area contributed by atoms with Crippen LogP contribution in [-0.4, -0.2) is 7.05 Å². The van der Waals surface area contributed by atoms with E-state index >= 15 is 0 Å². The monoisotopic (exact) mass is 313 g/mol. The molecule has 1 atom stereocenters. The molecule has 0 aliphatic heterocycles. The Labute approximate surface area is 114 Å².